The first-order valence-electron chi connectivity index (χ1n) is 9.58. The standard InChI is InChI=1S/C20H30ClN5O.HI/c1-22-20(25(3)15-17-12-16(21)14-24(17)2)23-13-18(19-8-7-11-27-19)26-9-5-4-6-10-26;/h7-8,11-12,14,18H,4-6,9-10,13,15H2,1-3H3,(H,22,23);1H. The summed E-state index contributed by atoms with van der Waals surface area (Å²) in [6.45, 7) is 3.73. The van der Waals surface area contributed by atoms with E-state index in [0.29, 0.717) is 0 Å². The maximum absolute atomic E-state index is 6.11. The number of hydrogen-bond acceptors (Lipinski definition) is 3. The van der Waals surface area contributed by atoms with Crippen molar-refractivity contribution in [3.63, 3.8) is 0 Å². The molecule has 0 aliphatic carbocycles. The van der Waals surface area contributed by atoms with Crippen LogP contribution in [-0.2, 0) is 13.6 Å². The highest BCUT2D eigenvalue weighted by Crippen LogP contribution is 2.24. The van der Waals surface area contributed by atoms with E-state index in [1.165, 1.54) is 19.3 Å². The molecule has 8 heteroatoms. The Morgan fingerprint density at radius 1 is 1.36 bits per heavy atom. The Morgan fingerprint density at radius 3 is 2.68 bits per heavy atom. The smallest absolute Gasteiger partial charge is 0.193 e. The van der Waals surface area contributed by atoms with Gasteiger partial charge in [0.15, 0.2) is 5.96 Å². The third-order valence-electron chi connectivity index (χ3n) is 5.20. The lowest BCUT2D eigenvalue weighted by Crippen LogP contribution is -2.44. The molecule has 1 aliphatic rings. The molecule has 28 heavy (non-hydrogen) atoms. The van der Waals surface area contributed by atoms with Crippen LogP contribution in [0.3, 0.4) is 0 Å². The van der Waals surface area contributed by atoms with Gasteiger partial charge in [-0.25, -0.2) is 0 Å². The molecule has 2 aromatic heterocycles. The Kier molecular flexibility index (Phi) is 9.17. The maximum Gasteiger partial charge on any atom is 0.193 e. The van der Waals surface area contributed by atoms with E-state index in [2.05, 4.69) is 26.2 Å². The molecule has 0 radical (unpaired) electrons. The Bertz CT molecular complexity index is 740. The lowest BCUT2D eigenvalue weighted by molar-refractivity contribution is 0.146. The molecule has 6 nitrogen and oxygen atoms in total. The number of aromatic nitrogens is 1. The molecule has 3 heterocycles. The highest BCUT2D eigenvalue weighted by atomic mass is 127. The van der Waals surface area contributed by atoms with Crippen molar-refractivity contribution in [2.45, 2.75) is 31.8 Å². The van der Waals surface area contributed by atoms with E-state index in [4.69, 9.17) is 16.0 Å². The van der Waals surface area contributed by atoms with Gasteiger partial charge in [0, 0.05) is 39.6 Å². The number of guanidine groups is 1. The molecule has 0 spiro atoms. The molecule has 1 aliphatic heterocycles. The molecule has 0 saturated carbocycles. The molecule has 1 N–H and O–H groups in total. The van der Waals surface area contributed by atoms with E-state index in [1.807, 2.05) is 44.0 Å². The minimum Gasteiger partial charge on any atom is -0.468 e. The summed E-state index contributed by atoms with van der Waals surface area (Å²) in [5, 5.41) is 4.29. The fourth-order valence-corrected chi connectivity index (χ4v) is 4.01. The quantitative estimate of drug-likeness (QED) is 0.354. The van der Waals surface area contributed by atoms with Crippen LogP contribution in [0.2, 0.25) is 5.02 Å². The molecule has 1 atom stereocenters. The third kappa shape index (κ3) is 5.90. The van der Waals surface area contributed by atoms with Crippen LogP contribution in [0.5, 0.6) is 0 Å². The molecule has 1 saturated heterocycles. The van der Waals surface area contributed by atoms with Crippen molar-refractivity contribution in [1.82, 2.24) is 19.7 Å². The predicted octanol–water partition coefficient (Wildman–Crippen LogP) is 4.12. The number of likely N-dealkylation sites (tertiary alicyclic amines) is 1. The van der Waals surface area contributed by atoms with Gasteiger partial charge in [0.25, 0.3) is 0 Å². The van der Waals surface area contributed by atoms with Gasteiger partial charge in [-0.3, -0.25) is 9.89 Å². The van der Waals surface area contributed by atoms with E-state index in [9.17, 15) is 0 Å². The van der Waals surface area contributed by atoms with Crippen molar-refractivity contribution < 1.29 is 4.42 Å². The molecular weight excluding hydrogens is 489 g/mol. The molecule has 156 valence electrons. The van der Waals surface area contributed by atoms with E-state index in [-0.39, 0.29) is 30.0 Å². The van der Waals surface area contributed by atoms with Gasteiger partial charge in [-0.2, -0.15) is 0 Å². The summed E-state index contributed by atoms with van der Waals surface area (Å²) in [7, 11) is 5.87. The molecule has 2 aromatic rings. The Morgan fingerprint density at radius 2 is 2.11 bits per heavy atom. The number of furan rings is 1. The number of halogens is 2. The lowest BCUT2D eigenvalue weighted by Gasteiger charge is -2.34. The van der Waals surface area contributed by atoms with Gasteiger partial charge in [-0.15, -0.1) is 24.0 Å². The first kappa shape index (κ1) is 23.1. The number of aliphatic imine (C=N–C) groups is 1. The SMILES string of the molecule is CN=C(NCC(c1ccco1)N1CCCCC1)N(C)Cc1cc(Cl)cn1C.I. The summed E-state index contributed by atoms with van der Waals surface area (Å²) in [5.41, 5.74) is 1.14. The van der Waals surface area contributed by atoms with Crippen LogP contribution in [0.4, 0.5) is 0 Å². The summed E-state index contributed by atoms with van der Waals surface area (Å²) in [4.78, 5) is 9.08. The maximum atomic E-state index is 6.11. The summed E-state index contributed by atoms with van der Waals surface area (Å²) < 4.78 is 7.78. The number of rotatable bonds is 6. The first-order valence-corrected chi connectivity index (χ1v) is 9.96. The van der Waals surface area contributed by atoms with Gasteiger partial charge in [-0.05, 0) is 44.1 Å². The average molecular weight is 520 g/mol. The lowest BCUT2D eigenvalue weighted by atomic mass is 10.1. The fraction of sp³-hybridized carbons (Fsp3) is 0.550. The van der Waals surface area contributed by atoms with Gasteiger partial charge in [-0.1, -0.05) is 18.0 Å². The average Bonchev–Trinajstić information content (AvgIpc) is 3.29. The second-order valence-electron chi connectivity index (χ2n) is 7.17. The molecule has 0 aromatic carbocycles. The topological polar surface area (TPSA) is 48.9 Å². The summed E-state index contributed by atoms with van der Waals surface area (Å²) in [6.07, 6.45) is 7.50. The van der Waals surface area contributed by atoms with Crippen LogP contribution in [0, 0.1) is 0 Å². The fourth-order valence-electron chi connectivity index (χ4n) is 3.73. The van der Waals surface area contributed by atoms with Crippen LogP contribution in [0.25, 0.3) is 0 Å². The summed E-state index contributed by atoms with van der Waals surface area (Å²) in [5.74, 6) is 1.87. The van der Waals surface area contributed by atoms with Crippen molar-refractivity contribution in [2.75, 3.05) is 33.7 Å². The van der Waals surface area contributed by atoms with Crippen molar-refractivity contribution >= 4 is 41.5 Å². The minimum atomic E-state index is 0. The monoisotopic (exact) mass is 519 g/mol. The molecule has 0 amide bonds. The van der Waals surface area contributed by atoms with E-state index in [1.54, 1.807) is 6.26 Å². The predicted molar refractivity (Wildman–Crippen MR) is 126 cm³/mol. The van der Waals surface area contributed by atoms with Gasteiger partial charge >= 0.3 is 0 Å². The first-order chi connectivity index (χ1) is 13.1. The third-order valence-corrected chi connectivity index (χ3v) is 5.41. The number of nitrogens with zero attached hydrogens (tertiary/aromatic N) is 4. The molecule has 1 fully saturated rings. The van der Waals surface area contributed by atoms with Crippen LogP contribution in [-0.4, -0.2) is 54.1 Å². The summed E-state index contributed by atoms with van der Waals surface area (Å²) >= 11 is 6.11. The number of aryl methyl sites for hydroxylation is 1. The van der Waals surface area contributed by atoms with Crippen molar-refractivity contribution in [1.29, 1.82) is 0 Å². The summed E-state index contributed by atoms with van der Waals surface area (Å²) in [6, 6.07) is 6.24. The zero-order chi connectivity index (χ0) is 19.2. The minimum absolute atomic E-state index is 0. The van der Waals surface area contributed by atoms with Crippen LogP contribution in [0.15, 0.2) is 40.1 Å². The van der Waals surface area contributed by atoms with Gasteiger partial charge in [0.1, 0.15) is 5.76 Å². The molecule has 3 rings (SSSR count). The van der Waals surface area contributed by atoms with Crippen molar-refractivity contribution in [3.8, 4) is 0 Å². The van der Waals surface area contributed by atoms with E-state index < -0.39 is 0 Å². The highest BCUT2D eigenvalue weighted by molar-refractivity contribution is 14.0. The van der Waals surface area contributed by atoms with Gasteiger partial charge in [0.05, 0.1) is 23.9 Å². The normalized spacial score (nSPS) is 16.5. The van der Waals surface area contributed by atoms with Crippen LogP contribution >= 0.6 is 35.6 Å². The number of piperidine rings is 1. The van der Waals surface area contributed by atoms with Crippen LogP contribution in [0.1, 0.15) is 36.8 Å². The zero-order valence-electron chi connectivity index (χ0n) is 16.9. The second kappa shape index (κ2) is 11.1. The van der Waals surface area contributed by atoms with E-state index >= 15 is 0 Å². The van der Waals surface area contributed by atoms with Crippen molar-refractivity contribution in [2.24, 2.45) is 12.0 Å². The van der Waals surface area contributed by atoms with Gasteiger partial charge < -0.3 is 19.2 Å². The largest absolute Gasteiger partial charge is 0.468 e. The zero-order valence-corrected chi connectivity index (χ0v) is 20.0. The highest BCUT2D eigenvalue weighted by Gasteiger charge is 2.25. The number of hydrogen-bond donors (Lipinski definition) is 1. The Hall–Kier alpha value is -1.19. The number of nitrogens with one attached hydrogen (secondary N) is 1. The van der Waals surface area contributed by atoms with Gasteiger partial charge in [0.2, 0.25) is 0 Å². The Labute approximate surface area is 189 Å². The molecule has 0 bridgehead atoms. The van der Waals surface area contributed by atoms with Crippen molar-refractivity contribution in [3.05, 3.63) is 47.1 Å². The Balaban J connectivity index is 0.00000280. The van der Waals surface area contributed by atoms with E-state index in [0.717, 1.165) is 48.6 Å². The molecular formula is C20H31ClIN5O. The molecule has 1 unspecified atom stereocenters. The van der Waals surface area contributed by atoms with Crippen LogP contribution < -0.4 is 5.32 Å². The second-order valence-corrected chi connectivity index (χ2v) is 7.61.